The van der Waals surface area contributed by atoms with E-state index in [1.54, 1.807) is 0 Å². The zero-order chi connectivity index (χ0) is 8.85. The summed E-state index contributed by atoms with van der Waals surface area (Å²) in [6.07, 6.45) is 0. The summed E-state index contributed by atoms with van der Waals surface area (Å²) in [7, 11) is 0. The average molecular weight is 271 g/mol. The van der Waals surface area contributed by atoms with Gasteiger partial charge in [-0.3, -0.25) is 0 Å². The average Bonchev–Trinajstić information content (AvgIpc) is 1.86. The molecule has 11 heavy (non-hydrogen) atoms. The fraction of sp³-hybridized carbons (Fsp3) is 0.875. The molecule has 0 N–H and O–H groups in total. The van der Waals surface area contributed by atoms with Crippen molar-refractivity contribution in [2.24, 2.45) is 0 Å². The Labute approximate surface area is 79.0 Å². The first-order valence-electron chi connectivity index (χ1n) is 3.86. The number of ether oxygens (including phenoxy) is 1. The molecule has 0 radical (unpaired) electrons. The summed E-state index contributed by atoms with van der Waals surface area (Å²) in [6.45, 7) is 8.63. The van der Waals surface area contributed by atoms with Gasteiger partial charge in [0.2, 0.25) is 0 Å². The van der Waals surface area contributed by atoms with Crippen molar-refractivity contribution in [2.75, 3.05) is 6.61 Å². The van der Waals surface area contributed by atoms with E-state index >= 15 is 0 Å². The van der Waals surface area contributed by atoms with E-state index in [0.717, 1.165) is 0 Å². The summed E-state index contributed by atoms with van der Waals surface area (Å²) in [4.78, 5) is 11.1. The minimum absolute atomic E-state index is 0.0194. The van der Waals surface area contributed by atoms with E-state index in [1.807, 2.05) is 13.8 Å². The number of esters is 1. The Kier molecular flexibility index (Phi) is 5.91. The Morgan fingerprint density at radius 3 is 2.36 bits per heavy atom. The summed E-state index contributed by atoms with van der Waals surface area (Å²) in [5.74, 6) is -0.0194. The van der Waals surface area contributed by atoms with Crippen molar-refractivity contribution >= 4 is 5.97 Å². The number of carbonyl (C=O) groups excluding carboxylic acids is 1. The number of hydrogen-bond acceptors (Lipinski definition) is 2. The van der Waals surface area contributed by atoms with Crippen LogP contribution in [0.5, 0.6) is 0 Å². The molecule has 0 aliphatic heterocycles. The molecule has 0 rings (SSSR count). The van der Waals surface area contributed by atoms with Gasteiger partial charge in [0, 0.05) is 0 Å². The molecule has 3 heteroatoms. The van der Waals surface area contributed by atoms with E-state index in [-0.39, 0.29) is 31.1 Å². The van der Waals surface area contributed by atoms with Crippen LogP contribution in [0.25, 0.3) is 0 Å². The molecular weight excluding hydrogens is 255 g/mol. The molecule has 0 aliphatic carbocycles. The molecule has 0 aliphatic rings. The summed E-state index contributed by atoms with van der Waals surface area (Å²) in [5.41, 5.74) is 0. The van der Waals surface area contributed by atoms with Crippen LogP contribution in [0.1, 0.15) is 27.7 Å². The maximum absolute atomic E-state index is 11.1. The third kappa shape index (κ3) is 5.47. The van der Waals surface area contributed by atoms with Gasteiger partial charge in [-0.2, -0.15) is 0 Å². The number of halogens is 1. The molecule has 0 spiro atoms. The molecule has 0 saturated carbocycles. The Morgan fingerprint density at radius 1 is 1.45 bits per heavy atom. The van der Waals surface area contributed by atoms with Gasteiger partial charge < -0.3 is 0 Å². The topological polar surface area (TPSA) is 26.3 Å². The van der Waals surface area contributed by atoms with Crippen LogP contribution in [0.2, 0.25) is 0 Å². The van der Waals surface area contributed by atoms with Crippen molar-refractivity contribution < 1.29 is 30.7 Å². The first-order chi connectivity index (χ1) is 5.07. The third-order valence-electron chi connectivity index (χ3n) is 1.05. The Hall–Kier alpha value is 0.200. The SMILES string of the molecule is CCOC(=O)C(C)[I-]C(C)C. The van der Waals surface area contributed by atoms with Crippen LogP contribution >= 0.6 is 0 Å². The fourth-order valence-electron chi connectivity index (χ4n) is 0.686. The molecular formula is C8H16IO2-. The van der Waals surface area contributed by atoms with E-state index in [0.29, 0.717) is 10.5 Å². The second-order valence-corrected chi connectivity index (χ2v) is 7.59. The predicted molar refractivity (Wildman–Crippen MR) is 41.2 cm³/mol. The second kappa shape index (κ2) is 5.80. The minimum atomic E-state index is -0.0249. The zero-order valence-corrected chi connectivity index (χ0v) is 9.71. The first-order valence-corrected chi connectivity index (χ1v) is 6.35. The van der Waals surface area contributed by atoms with Crippen molar-refractivity contribution in [3.63, 3.8) is 0 Å². The molecule has 0 fully saturated rings. The summed E-state index contributed by atoms with van der Waals surface area (Å²) < 4.78 is 5.73. The maximum atomic E-state index is 11.1. The van der Waals surface area contributed by atoms with Gasteiger partial charge in [-0.05, 0) is 0 Å². The molecule has 0 saturated heterocycles. The Morgan fingerprint density at radius 2 is 2.00 bits per heavy atom. The van der Waals surface area contributed by atoms with Gasteiger partial charge in [0.15, 0.2) is 0 Å². The van der Waals surface area contributed by atoms with E-state index in [2.05, 4.69) is 13.8 Å². The van der Waals surface area contributed by atoms with Crippen LogP contribution in [0.4, 0.5) is 0 Å². The summed E-state index contributed by atoms with van der Waals surface area (Å²) in [5, 5.41) is 0. The molecule has 0 aromatic carbocycles. The predicted octanol–water partition coefficient (Wildman–Crippen LogP) is -1.56. The molecule has 0 aromatic heterocycles. The number of alkyl halides is 2. The van der Waals surface area contributed by atoms with Crippen molar-refractivity contribution in [3.05, 3.63) is 0 Å². The molecule has 0 aromatic rings. The van der Waals surface area contributed by atoms with Crippen molar-refractivity contribution in [1.82, 2.24) is 0 Å². The molecule has 1 unspecified atom stereocenters. The fourth-order valence-corrected chi connectivity index (χ4v) is 3.32. The van der Waals surface area contributed by atoms with Crippen LogP contribution in [0.15, 0.2) is 0 Å². The number of hydrogen-bond donors (Lipinski definition) is 0. The van der Waals surface area contributed by atoms with E-state index in [1.165, 1.54) is 0 Å². The first kappa shape index (κ1) is 11.2. The number of carbonyl (C=O) groups is 1. The molecule has 0 bridgehead atoms. The number of rotatable bonds is 4. The zero-order valence-electron chi connectivity index (χ0n) is 7.56. The van der Waals surface area contributed by atoms with Crippen LogP contribution in [0.3, 0.4) is 0 Å². The van der Waals surface area contributed by atoms with Crippen LogP contribution in [0, 0.1) is 0 Å². The van der Waals surface area contributed by atoms with Crippen LogP contribution in [-0.4, -0.2) is 20.4 Å². The van der Waals surface area contributed by atoms with Gasteiger partial charge >= 0.3 is 78.9 Å². The standard InChI is InChI=1S/C8H16IO2/c1-5-11-8(10)7(4)9-6(2)3/h6-7H,5H2,1-4H3/q-1. The normalized spacial score (nSPS) is 13.5. The summed E-state index contributed by atoms with van der Waals surface area (Å²) >= 11 is -0.0249. The van der Waals surface area contributed by atoms with Gasteiger partial charge in [0.25, 0.3) is 0 Å². The van der Waals surface area contributed by atoms with Crippen molar-refractivity contribution in [2.45, 2.75) is 35.5 Å². The van der Waals surface area contributed by atoms with E-state index < -0.39 is 0 Å². The van der Waals surface area contributed by atoms with Gasteiger partial charge in [0.05, 0.1) is 0 Å². The van der Waals surface area contributed by atoms with Gasteiger partial charge in [-0.1, -0.05) is 0 Å². The molecule has 1 atom stereocenters. The Bertz CT molecular complexity index is 123. The third-order valence-corrected chi connectivity index (χ3v) is 4.08. The van der Waals surface area contributed by atoms with Gasteiger partial charge in [-0.15, -0.1) is 0 Å². The quantitative estimate of drug-likeness (QED) is 0.351. The Balaban J connectivity index is 3.64. The van der Waals surface area contributed by atoms with Gasteiger partial charge in [-0.25, -0.2) is 0 Å². The van der Waals surface area contributed by atoms with Crippen molar-refractivity contribution in [3.8, 4) is 0 Å². The second-order valence-electron chi connectivity index (χ2n) is 2.51. The molecule has 0 amide bonds. The van der Waals surface area contributed by atoms with Crippen LogP contribution < -0.4 is 21.2 Å². The molecule has 2 nitrogen and oxygen atoms in total. The summed E-state index contributed by atoms with van der Waals surface area (Å²) in [6, 6.07) is 0. The monoisotopic (exact) mass is 271 g/mol. The van der Waals surface area contributed by atoms with E-state index in [4.69, 9.17) is 4.74 Å². The molecule has 0 heterocycles. The molecule has 68 valence electrons. The van der Waals surface area contributed by atoms with Gasteiger partial charge in [0.1, 0.15) is 0 Å². The van der Waals surface area contributed by atoms with Crippen LogP contribution in [-0.2, 0) is 9.53 Å². The van der Waals surface area contributed by atoms with Crippen molar-refractivity contribution in [1.29, 1.82) is 0 Å². The van der Waals surface area contributed by atoms with E-state index in [9.17, 15) is 4.79 Å².